The van der Waals surface area contributed by atoms with Crippen LogP contribution in [0.5, 0.6) is 0 Å². The first-order chi connectivity index (χ1) is 9.13. The number of carbonyl (C=O) groups excluding carboxylic acids is 1. The lowest BCUT2D eigenvalue weighted by Gasteiger charge is -2.19. The van der Waals surface area contributed by atoms with E-state index in [0.717, 1.165) is 6.26 Å². The minimum atomic E-state index is -3.51. The van der Waals surface area contributed by atoms with Crippen LogP contribution in [0.3, 0.4) is 0 Å². The molecule has 2 heterocycles. The van der Waals surface area contributed by atoms with Crippen LogP contribution in [-0.4, -0.2) is 49.6 Å². The highest BCUT2D eigenvalue weighted by Gasteiger charge is 2.42. The van der Waals surface area contributed by atoms with E-state index in [-0.39, 0.29) is 17.4 Å². The van der Waals surface area contributed by atoms with Gasteiger partial charge in [-0.1, -0.05) is 0 Å². The zero-order valence-electron chi connectivity index (χ0n) is 11.1. The zero-order valence-corrected chi connectivity index (χ0v) is 11.9. The van der Waals surface area contributed by atoms with E-state index in [1.165, 1.54) is 17.0 Å². The van der Waals surface area contributed by atoms with Crippen molar-refractivity contribution >= 4 is 21.7 Å². The molecule has 110 valence electrons. The Balaban J connectivity index is 2.18. The normalized spacial score (nSPS) is 23.0. The first-order valence-corrected chi connectivity index (χ1v) is 7.85. The van der Waals surface area contributed by atoms with Gasteiger partial charge in [-0.2, -0.15) is 0 Å². The van der Waals surface area contributed by atoms with Crippen LogP contribution in [0.15, 0.2) is 21.6 Å². The highest BCUT2D eigenvalue weighted by Crippen LogP contribution is 2.31. The number of hydrogen-bond acceptors (Lipinski definition) is 5. The third-order valence-corrected chi connectivity index (χ3v) is 4.38. The highest BCUT2D eigenvalue weighted by atomic mass is 32.2. The molecule has 1 aliphatic heterocycles. The molecular weight excluding hydrogens is 286 g/mol. The summed E-state index contributed by atoms with van der Waals surface area (Å²) in [7, 11) is -3.51. The summed E-state index contributed by atoms with van der Waals surface area (Å²) in [6, 6.07) is 2.50. The summed E-state index contributed by atoms with van der Waals surface area (Å²) in [6.45, 7) is 1.96. The van der Waals surface area contributed by atoms with Crippen molar-refractivity contribution in [3.8, 4) is 0 Å². The second-order valence-corrected chi connectivity index (χ2v) is 7.18. The van der Waals surface area contributed by atoms with E-state index in [2.05, 4.69) is 0 Å². The Morgan fingerprint density at radius 3 is 2.50 bits per heavy atom. The average Bonchev–Trinajstić information content (AvgIpc) is 2.94. The Kier molecular flexibility index (Phi) is 3.37. The Hall–Kier alpha value is -1.83. The van der Waals surface area contributed by atoms with Gasteiger partial charge < -0.3 is 14.4 Å². The lowest BCUT2D eigenvalue weighted by atomic mass is 9.90. The van der Waals surface area contributed by atoms with Crippen LogP contribution in [0, 0.1) is 5.41 Å². The van der Waals surface area contributed by atoms with Crippen LogP contribution >= 0.6 is 0 Å². The van der Waals surface area contributed by atoms with Crippen molar-refractivity contribution in [1.29, 1.82) is 0 Å². The van der Waals surface area contributed by atoms with Crippen molar-refractivity contribution in [2.45, 2.75) is 18.4 Å². The largest absolute Gasteiger partial charge is 0.481 e. The lowest BCUT2D eigenvalue weighted by Crippen LogP contribution is -2.34. The molecule has 0 aromatic carbocycles. The quantitative estimate of drug-likeness (QED) is 0.877. The molecule has 0 radical (unpaired) electrons. The van der Waals surface area contributed by atoms with Crippen LogP contribution in [0.1, 0.15) is 23.9 Å². The molecule has 2 rings (SSSR count). The van der Waals surface area contributed by atoms with Crippen molar-refractivity contribution in [3.63, 3.8) is 0 Å². The molecule has 1 aromatic rings. The van der Waals surface area contributed by atoms with Crippen LogP contribution in [-0.2, 0) is 14.6 Å². The number of nitrogens with zero attached hydrogens (tertiary/aromatic N) is 1. The molecule has 1 aromatic heterocycles. The molecule has 1 aliphatic rings. The van der Waals surface area contributed by atoms with Crippen molar-refractivity contribution in [2.75, 3.05) is 19.3 Å². The van der Waals surface area contributed by atoms with Crippen LogP contribution in [0.4, 0.5) is 0 Å². The molecule has 1 N–H and O–H groups in total. The van der Waals surface area contributed by atoms with E-state index in [1.54, 1.807) is 6.92 Å². The van der Waals surface area contributed by atoms with E-state index < -0.39 is 27.1 Å². The number of sulfone groups is 1. The van der Waals surface area contributed by atoms with Gasteiger partial charge in [-0.05, 0) is 25.5 Å². The molecule has 1 amide bonds. The number of aliphatic carboxylic acids is 1. The molecule has 7 nitrogen and oxygen atoms in total. The number of likely N-dealkylation sites (tertiary alicyclic amines) is 1. The average molecular weight is 301 g/mol. The minimum Gasteiger partial charge on any atom is -0.481 e. The van der Waals surface area contributed by atoms with Crippen molar-refractivity contribution in [3.05, 3.63) is 17.9 Å². The number of carboxylic acid groups (broad SMARTS) is 1. The number of hydrogen-bond donors (Lipinski definition) is 1. The fourth-order valence-electron chi connectivity index (χ4n) is 2.10. The minimum absolute atomic E-state index is 0.0794. The van der Waals surface area contributed by atoms with Gasteiger partial charge >= 0.3 is 5.97 Å². The first kappa shape index (κ1) is 14.6. The predicted molar refractivity (Wildman–Crippen MR) is 68.1 cm³/mol. The number of carboxylic acids is 1. The maximum Gasteiger partial charge on any atom is 0.311 e. The topological polar surface area (TPSA) is 105 Å². The molecule has 1 atom stereocenters. The molecule has 8 heteroatoms. The summed E-state index contributed by atoms with van der Waals surface area (Å²) < 4.78 is 27.6. The monoisotopic (exact) mass is 301 g/mol. The van der Waals surface area contributed by atoms with E-state index in [0.29, 0.717) is 13.0 Å². The van der Waals surface area contributed by atoms with Crippen molar-refractivity contribution < 1.29 is 27.5 Å². The van der Waals surface area contributed by atoms with Gasteiger partial charge in [0.2, 0.25) is 14.9 Å². The third-order valence-electron chi connectivity index (χ3n) is 3.43. The van der Waals surface area contributed by atoms with Gasteiger partial charge in [-0.15, -0.1) is 0 Å². The van der Waals surface area contributed by atoms with Gasteiger partial charge in [0, 0.05) is 19.3 Å². The predicted octanol–water partition coefficient (Wildman–Crippen LogP) is 0.620. The van der Waals surface area contributed by atoms with E-state index in [4.69, 9.17) is 9.52 Å². The Bertz CT molecular complexity index is 661. The molecular formula is C12H15NO6S. The second-order valence-electron chi connectivity index (χ2n) is 5.23. The van der Waals surface area contributed by atoms with Gasteiger partial charge in [0.15, 0.2) is 5.76 Å². The first-order valence-electron chi connectivity index (χ1n) is 5.96. The van der Waals surface area contributed by atoms with Crippen molar-refractivity contribution in [2.24, 2.45) is 5.41 Å². The number of rotatable bonds is 3. The SMILES string of the molecule is CC1(C(=O)O)CCN(C(=O)c2ccc(S(C)(=O)=O)o2)C1. The second kappa shape index (κ2) is 4.62. The number of carbonyl (C=O) groups is 2. The molecule has 20 heavy (non-hydrogen) atoms. The molecule has 1 saturated heterocycles. The van der Waals surface area contributed by atoms with Crippen LogP contribution in [0.2, 0.25) is 0 Å². The molecule has 1 unspecified atom stereocenters. The number of amides is 1. The summed E-state index contributed by atoms with van der Waals surface area (Å²) >= 11 is 0. The molecule has 0 spiro atoms. The lowest BCUT2D eigenvalue weighted by molar-refractivity contribution is -0.147. The smallest absolute Gasteiger partial charge is 0.311 e. The summed E-state index contributed by atoms with van der Waals surface area (Å²) in [6.07, 6.45) is 1.34. The van der Waals surface area contributed by atoms with Gasteiger partial charge in [0.25, 0.3) is 5.91 Å². The summed E-state index contributed by atoms with van der Waals surface area (Å²) in [5, 5.41) is 8.84. The summed E-state index contributed by atoms with van der Waals surface area (Å²) in [4.78, 5) is 24.6. The maximum atomic E-state index is 12.1. The third kappa shape index (κ3) is 2.55. The Morgan fingerprint density at radius 2 is 2.05 bits per heavy atom. The van der Waals surface area contributed by atoms with Gasteiger partial charge in [-0.25, -0.2) is 8.42 Å². The van der Waals surface area contributed by atoms with E-state index >= 15 is 0 Å². The van der Waals surface area contributed by atoms with Gasteiger partial charge in [-0.3, -0.25) is 9.59 Å². The summed E-state index contributed by atoms with van der Waals surface area (Å²) in [5.41, 5.74) is -0.970. The summed E-state index contributed by atoms with van der Waals surface area (Å²) in [5.74, 6) is -1.55. The Labute approximate surface area is 116 Å². The Morgan fingerprint density at radius 1 is 1.40 bits per heavy atom. The molecule has 0 saturated carbocycles. The van der Waals surface area contributed by atoms with E-state index in [1.807, 2.05) is 0 Å². The number of furan rings is 1. The van der Waals surface area contributed by atoms with Gasteiger partial charge in [0.05, 0.1) is 5.41 Å². The molecule has 1 fully saturated rings. The van der Waals surface area contributed by atoms with E-state index in [9.17, 15) is 18.0 Å². The standard InChI is InChI=1S/C12H15NO6S/c1-12(11(15)16)5-6-13(7-12)10(14)8-3-4-9(19-8)20(2,17)18/h3-4H,5-7H2,1-2H3,(H,15,16). The fourth-order valence-corrected chi connectivity index (χ4v) is 2.66. The highest BCUT2D eigenvalue weighted by molar-refractivity contribution is 7.90. The van der Waals surface area contributed by atoms with Crippen LogP contribution < -0.4 is 0 Å². The maximum absolute atomic E-state index is 12.1. The van der Waals surface area contributed by atoms with Gasteiger partial charge in [0.1, 0.15) is 0 Å². The molecule has 0 aliphatic carbocycles. The van der Waals surface area contributed by atoms with Crippen molar-refractivity contribution in [1.82, 2.24) is 4.90 Å². The zero-order chi connectivity index (χ0) is 15.1. The van der Waals surface area contributed by atoms with Crippen LogP contribution in [0.25, 0.3) is 0 Å². The fraction of sp³-hybridized carbons (Fsp3) is 0.500. The molecule has 0 bridgehead atoms.